The lowest BCUT2D eigenvalue weighted by molar-refractivity contribution is 0.0609. The molecule has 3 nitrogen and oxygen atoms in total. The fourth-order valence-corrected chi connectivity index (χ4v) is 4.14. The number of hydrogen-bond acceptors (Lipinski definition) is 3. The molecule has 1 aliphatic carbocycles. The molecule has 2 rings (SSSR count). The molecule has 0 aromatic carbocycles. The quantitative estimate of drug-likeness (QED) is 0.746. The Kier molecular flexibility index (Phi) is 7.17. The first-order valence-electron chi connectivity index (χ1n) is 9.62. The van der Waals surface area contributed by atoms with Gasteiger partial charge in [0.25, 0.3) is 0 Å². The summed E-state index contributed by atoms with van der Waals surface area (Å²) in [6.07, 6.45) is 5.74. The molecule has 2 fully saturated rings. The summed E-state index contributed by atoms with van der Waals surface area (Å²) in [5, 5.41) is 0. The smallest absolute Gasteiger partial charge is 0.0113 e. The van der Waals surface area contributed by atoms with Crippen LogP contribution in [-0.4, -0.2) is 73.1 Å². The van der Waals surface area contributed by atoms with Gasteiger partial charge in [-0.25, -0.2) is 0 Å². The van der Waals surface area contributed by atoms with Crippen LogP contribution in [0.25, 0.3) is 0 Å². The third kappa shape index (κ3) is 5.50. The van der Waals surface area contributed by atoms with Gasteiger partial charge in [0.15, 0.2) is 0 Å². The maximum absolute atomic E-state index is 2.79. The minimum Gasteiger partial charge on any atom is -0.304 e. The molecule has 3 heteroatoms. The molecule has 0 bridgehead atoms. The highest BCUT2D eigenvalue weighted by Gasteiger charge is 2.28. The molecule has 130 valence electrons. The average molecular weight is 310 g/mol. The lowest BCUT2D eigenvalue weighted by Crippen LogP contribution is -2.52. The van der Waals surface area contributed by atoms with E-state index in [1.54, 1.807) is 0 Å². The van der Waals surface area contributed by atoms with Crippen molar-refractivity contribution in [2.45, 2.75) is 65.5 Å². The van der Waals surface area contributed by atoms with Gasteiger partial charge in [-0.3, -0.25) is 4.90 Å². The molecule has 2 aliphatic rings. The fraction of sp³-hybridized carbons (Fsp3) is 1.00. The largest absolute Gasteiger partial charge is 0.304 e. The lowest BCUT2D eigenvalue weighted by atomic mass is 9.84. The van der Waals surface area contributed by atoms with Gasteiger partial charge in [-0.1, -0.05) is 13.8 Å². The predicted octanol–water partition coefficient (Wildman–Crippen LogP) is 3.16. The Morgan fingerprint density at radius 2 is 1.50 bits per heavy atom. The van der Waals surface area contributed by atoms with Crippen LogP contribution in [0.2, 0.25) is 0 Å². The van der Waals surface area contributed by atoms with Gasteiger partial charge in [0, 0.05) is 51.4 Å². The zero-order chi connectivity index (χ0) is 16.1. The Balaban J connectivity index is 1.67. The summed E-state index contributed by atoms with van der Waals surface area (Å²) in [5.41, 5.74) is 0. The van der Waals surface area contributed by atoms with E-state index in [1.807, 2.05) is 0 Å². The van der Waals surface area contributed by atoms with Crippen molar-refractivity contribution in [2.24, 2.45) is 11.8 Å². The maximum Gasteiger partial charge on any atom is 0.0113 e. The van der Waals surface area contributed by atoms with E-state index >= 15 is 0 Å². The number of rotatable bonds is 6. The second-order valence-electron chi connectivity index (χ2n) is 8.44. The molecule has 0 spiro atoms. The van der Waals surface area contributed by atoms with Gasteiger partial charge in [0.1, 0.15) is 0 Å². The van der Waals surface area contributed by atoms with E-state index in [9.17, 15) is 0 Å². The standard InChI is InChI=1S/C19H39N3/c1-16(2)14-21-10-12-22(13-11-21)19-8-6-18(7-9-19)15-20(5)17(3)4/h16-19H,6-15H2,1-5H3. The van der Waals surface area contributed by atoms with Gasteiger partial charge in [0.2, 0.25) is 0 Å². The summed E-state index contributed by atoms with van der Waals surface area (Å²) >= 11 is 0. The third-order valence-corrected chi connectivity index (χ3v) is 5.79. The van der Waals surface area contributed by atoms with Crippen LogP contribution in [0.4, 0.5) is 0 Å². The van der Waals surface area contributed by atoms with Crippen LogP contribution in [-0.2, 0) is 0 Å². The minimum atomic E-state index is 0.687. The van der Waals surface area contributed by atoms with Crippen molar-refractivity contribution in [3.05, 3.63) is 0 Å². The Morgan fingerprint density at radius 3 is 2.00 bits per heavy atom. The first-order chi connectivity index (χ1) is 10.5. The van der Waals surface area contributed by atoms with Crippen molar-refractivity contribution < 1.29 is 0 Å². The van der Waals surface area contributed by atoms with E-state index in [-0.39, 0.29) is 0 Å². The van der Waals surface area contributed by atoms with E-state index in [0.717, 1.165) is 17.9 Å². The monoisotopic (exact) mass is 309 g/mol. The Morgan fingerprint density at radius 1 is 0.909 bits per heavy atom. The van der Waals surface area contributed by atoms with E-state index in [1.165, 1.54) is 65.0 Å². The summed E-state index contributed by atoms with van der Waals surface area (Å²) in [4.78, 5) is 7.97. The third-order valence-electron chi connectivity index (χ3n) is 5.79. The van der Waals surface area contributed by atoms with Gasteiger partial charge in [-0.2, -0.15) is 0 Å². The molecule has 0 aromatic heterocycles. The molecule has 1 saturated heterocycles. The van der Waals surface area contributed by atoms with Crippen molar-refractivity contribution in [2.75, 3.05) is 46.3 Å². The second-order valence-corrected chi connectivity index (χ2v) is 8.44. The topological polar surface area (TPSA) is 9.72 Å². The number of hydrogen-bond donors (Lipinski definition) is 0. The summed E-state index contributed by atoms with van der Waals surface area (Å²) in [6.45, 7) is 17.0. The highest BCUT2D eigenvalue weighted by atomic mass is 15.3. The summed E-state index contributed by atoms with van der Waals surface area (Å²) in [5.74, 6) is 1.74. The molecule has 0 atom stereocenters. The SMILES string of the molecule is CC(C)CN1CCN(C2CCC(CN(C)C(C)C)CC2)CC1. The van der Waals surface area contributed by atoms with Crippen LogP contribution in [0.15, 0.2) is 0 Å². The second kappa shape index (κ2) is 8.65. The zero-order valence-corrected chi connectivity index (χ0v) is 15.7. The molecule has 1 heterocycles. The normalized spacial score (nSPS) is 28.9. The lowest BCUT2D eigenvalue weighted by Gasteiger charge is -2.43. The van der Waals surface area contributed by atoms with Crippen molar-refractivity contribution in [3.8, 4) is 0 Å². The van der Waals surface area contributed by atoms with Crippen molar-refractivity contribution in [1.29, 1.82) is 0 Å². The van der Waals surface area contributed by atoms with Crippen molar-refractivity contribution in [1.82, 2.24) is 14.7 Å². The average Bonchev–Trinajstić information content (AvgIpc) is 2.48. The highest BCUT2D eigenvalue weighted by Crippen LogP contribution is 2.29. The Hall–Kier alpha value is -0.120. The van der Waals surface area contributed by atoms with E-state index in [0.29, 0.717) is 6.04 Å². The van der Waals surface area contributed by atoms with Gasteiger partial charge >= 0.3 is 0 Å². The molecule has 0 amide bonds. The fourth-order valence-electron chi connectivity index (χ4n) is 4.14. The van der Waals surface area contributed by atoms with Crippen molar-refractivity contribution in [3.63, 3.8) is 0 Å². The molecule has 1 saturated carbocycles. The summed E-state index contributed by atoms with van der Waals surface area (Å²) < 4.78 is 0. The van der Waals surface area contributed by atoms with Gasteiger partial charge in [-0.05, 0) is 58.4 Å². The van der Waals surface area contributed by atoms with Crippen LogP contribution in [0.5, 0.6) is 0 Å². The van der Waals surface area contributed by atoms with Crippen molar-refractivity contribution >= 4 is 0 Å². The first-order valence-corrected chi connectivity index (χ1v) is 9.62. The molecule has 0 N–H and O–H groups in total. The van der Waals surface area contributed by atoms with E-state index < -0.39 is 0 Å². The molecule has 0 aromatic rings. The Labute approximate surface area is 139 Å². The minimum absolute atomic E-state index is 0.687. The van der Waals surface area contributed by atoms with E-state index in [2.05, 4.69) is 49.4 Å². The predicted molar refractivity (Wildman–Crippen MR) is 96.4 cm³/mol. The molecule has 1 aliphatic heterocycles. The molecular formula is C19H39N3. The summed E-state index contributed by atoms with van der Waals surface area (Å²) in [7, 11) is 2.28. The maximum atomic E-state index is 2.79. The molecule has 0 unspecified atom stereocenters. The van der Waals surface area contributed by atoms with Gasteiger partial charge < -0.3 is 9.80 Å². The number of nitrogens with zero attached hydrogens (tertiary/aromatic N) is 3. The van der Waals surface area contributed by atoms with Crippen LogP contribution in [0.3, 0.4) is 0 Å². The van der Waals surface area contributed by atoms with Gasteiger partial charge in [0.05, 0.1) is 0 Å². The Bertz CT molecular complexity index is 300. The molecule has 22 heavy (non-hydrogen) atoms. The van der Waals surface area contributed by atoms with Crippen LogP contribution < -0.4 is 0 Å². The number of piperazine rings is 1. The van der Waals surface area contributed by atoms with Crippen LogP contribution in [0, 0.1) is 11.8 Å². The molecule has 0 radical (unpaired) electrons. The zero-order valence-electron chi connectivity index (χ0n) is 15.7. The van der Waals surface area contributed by atoms with Crippen LogP contribution >= 0.6 is 0 Å². The molecular weight excluding hydrogens is 270 g/mol. The van der Waals surface area contributed by atoms with E-state index in [4.69, 9.17) is 0 Å². The highest BCUT2D eigenvalue weighted by molar-refractivity contribution is 4.84. The van der Waals surface area contributed by atoms with Crippen LogP contribution in [0.1, 0.15) is 53.4 Å². The first kappa shape index (κ1) is 18.2. The van der Waals surface area contributed by atoms with Gasteiger partial charge in [-0.15, -0.1) is 0 Å². The summed E-state index contributed by atoms with van der Waals surface area (Å²) in [6, 6.07) is 1.56.